The molecule has 0 spiro atoms. The minimum Gasteiger partial charge on any atom is -0.493 e. The number of rotatable bonds is 7. The van der Waals surface area contributed by atoms with Gasteiger partial charge in [-0.3, -0.25) is 4.79 Å². The molecule has 2 N–H and O–H groups in total. The number of amides is 1. The van der Waals surface area contributed by atoms with Gasteiger partial charge in [-0.2, -0.15) is 5.10 Å². The van der Waals surface area contributed by atoms with Gasteiger partial charge in [-0.25, -0.2) is 13.5 Å². The maximum atomic E-state index is 14.1. The van der Waals surface area contributed by atoms with Crippen LogP contribution in [0.15, 0.2) is 48.5 Å². The Kier molecular flexibility index (Phi) is 7.51. The summed E-state index contributed by atoms with van der Waals surface area (Å²) in [4.78, 5) is 14.7. The molecule has 202 valence electrons. The van der Waals surface area contributed by atoms with Gasteiger partial charge in [0.15, 0.2) is 11.5 Å². The van der Waals surface area contributed by atoms with Gasteiger partial charge in [-0.1, -0.05) is 30.3 Å². The molecule has 1 amide bonds. The number of carbonyl (C=O) groups excluding carboxylic acids is 1. The zero-order valence-electron chi connectivity index (χ0n) is 21.8. The number of anilines is 1. The highest BCUT2D eigenvalue weighted by atomic mass is 19.3. The van der Waals surface area contributed by atoms with Gasteiger partial charge in [0.1, 0.15) is 11.9 Å². The van der Waals surface area contributed by atoms with E-state index in [2.05, 4.69) is 15.7 Å². The third-order valence-electron chi connectivity index (χ3n) is 7.38. The van der Waals surface area contributed by atoms with Crippen LogP contribution < -0.4 is 20.1 Å². The van der Waals surface area contributed by atoms with Gasteiger partial charge in [0.05, 0.1) is 32.4 Å². The number of halogens is 2. The molecule has 0 bridgehead atoms. The van der Waals surface area contributed by atoms with Gasteiger partial charge in [0.2, 0.25) is 5.91 Å². The summed E-state index contributed by atoms with van der Waals surface area (Å²) in [7, 11) is 3.10. The number of nitrogens with zero attached hydrogens (tertiary/aromatic N) is 3. The number of aromatic nitrogens is 2. The quantitative estimate of drug-likeness (QED) is 0.479. The van der Waals surface area contributed by atoms with E-state index in [1.807, 2.05) is 48.2 Å². The Morgan fingerprint density at radius 2 is 1.87 bits per heavy atom. The van der Waals surface area contributed by atoms with Crippen molar-refractivity contribution in [1.82, 2.24) is 20.0 Å². The number of piperazine rings is 1. The van der Waals surface area contributed by atoms with Gasteiger partial charge < -0.3 is 25.0 Å². The summed E-state index contributed by atoms with van der Waals surface area (Å²) in [5.74, 6) is 1.76. The van der Waals surface area contributed by atoms with E-state index in [0.717, 1.165) is 29.8 Å². The van der Waals surface area contributed by atoms with Crippen molar-refractivity contribution in [1.29, 1.82) is 0 Å². The van der Waals surface area contributed by atoms with Crippen LogP contribution >= 0.6 is 0 Å². The van der Waals surface area contributed by atoms with E-state index in [0.29, 0.717) is 36.0 Å². The summed E-state index contributed by atoms with van der Waals surface area (Å²) in [6.07, 6.45) is -2.08. The van der Waals surface area contributed by atoms with Crippen molar-refractivity contribution in [2.75, 3.05) is 39.2 Å². The van der Waals surface area contributed by atoms with Crippen LogP contribution in [0.5, 0.6) is 11.5 Å². The fourth-order valence-corrected chi connectivity index (χ4v) is 5.25. The minimum atomic E-state index is -2.58. The van der Waals surface area contributed by atoms with Crippen molar-refractivity contribution in [2.24, 2.45) is 0 Å². The Morgan fingerprint density at radius 1 is 1.11 bits per heavy atom. The molecule has 1 fully saturated rings. The van der Waals surface area contributed by atoms with Crippen LogP contribution in [0.1, 0.15) is 36.6 Å². The van der Waals surface area contributed by atoms with E-state index in [-0.39, 0.29) is 24.4 Å². The molecule has 5 rings (SSSR count). The van der Waals surface area contributed by atoms with Crippen molar-refractivity contribution in [3.05, 3.63) is 59.7 Å². The number of fused-ring (bicyclic) bond motifs is 1. The second-order valence-electron chi connectivity index (χ2n) is 9.82. The maximum absolute atomic E-state index is 14.1. The lowest BCUT2D eigenvalue weighted by Crippen LogP contribution is -2.52. The molecule has 3 atom stereocenters. The summed E-state index contributed by atoms with van der Waals surface area (Å²) < 4.78 is 40.4. The first-order chi connectivity index (χ1) is 18.4. The van der Waals surface area contributed by atoms with Crippen molar-refractivity contribution in [3.63, 3.8) is 0 Å². The highest BCUT2D eigenvalue weighted by molar-refractivity contribution is 5.79. The number of benzene rings is 2. The Labute approximate surface area is 220 Å². The maximum Gasteiger partial charge on any atom is 0.260 e. The number of methoxy groups -OCH3 is 2. The highest BCUT2D eigenvalue weighted by Gasteiger charge is 2.35. The smallest absolute Gasteiger partial charge is 0.260 e. The lowest BCUT2D eigenvalue weighted by Gasteiger charge is -2.34. The number of alkyl halides is 2. The summed E-state index contributed by atoms with van der Waals surface area (Å²) in [5.41, 5.74) is 3.14. The average Bonchev–Trinajstić information content (AvgIpc) is 3.36. The van der Waals surface area contributed by atoms with Crippen molar-refractivity contribution in [2.45, 2.75) is 44.3 Å². The van der Waals surface area contributed by atoms with Crippen molar-refractivity contribution in [3.8, 4) is 22.8 Å². The zero-order chi connectivity index (χ0) is 26.8. The lowest BCUT2D eigenvalue weighted by atomic mass is 9.97. The van der Waals surface area contributed by atoms with Gasteiger partial charge in [-0.15, -0.1) is 0 Å². The molecule has 1 saturated heterocycles. The molecule has 0 radical (unpaired) electrons. The number of hydrogen-bond donors (Lipinski definition) is 2. The van der Waals surface area contributed by atoms with Crippen LogP contribution in [0.2, 0.25) is 0 Å². The monoisotopic (exact) mass is 525 g/mol. The summed E-state index contributed by atoms with van der Waals surface area (Å²) in [6, 6.07) is 13.6. The first kappa shape index (κ1) is 26.0. The number of ether oxygens (including phenoxy) is 2. The molecule has 10 heteroatoms. The third kappa shape index (κ3) is 5.18. The highest BCUT2D eigenvalue weighted by Crippen LogP contribution is 2.41. The van der Waals surface area contributed by atoms with Crippen LogP contribution in [0.25, 0.3) is 11.3 Å². The predicted molar refractivity (Wildman–Crippen MR) is 141 cm³/mol. The zero-order valence-corrected chi connectivity index (χ0v) is 21.8. The van der Waals surface area contributed by atoms with Gasteiger partial charge >= 0.3 is 0 Å². The molecule has 0 aliphatic carbocycles. The molecule has 3 heterocycles. The van der Waals surface area contributed by atoms with Crippen LogP contribution in [-0.2, 0) is 11.2 Å². The fourth-order valence-electron chi connectivity index (χ4n) is 5.25. The molecular formula is C28H33F2N5O3. The van der Waals surface area contributed by atoms with E-state index >= 15 is 0 Å². The van der Waals surface area contributed by atoms with E-state index < -0.39 is 12.5 Å². The Balaban J connectivity index is 1.35. The molecule has 1 aromatic heterocycles. The van der Waals surface area contributed by atoms with Crippen molar-refractivity contribution >= 4 is 11.7 Å². The van der Waals surface area contributed by atoms with E-state index in [9.17, 15) is 13.6 Å². The lowest BCUT2D eigenvalue weighted by molar-refractivity contribution is -0.133. The van der Waals surface area contributed by atoms with Crippen LogP contribution in [-0.4, -0.2) is 66.9 Å². The Bertz CT molecular complexity index is 1280. The first-order valence-corrected chi connectivity index (χ1v) is 12.8. The molecule has 3 unspecified atom stereocenters. The molecule has 2 aliphatic heterocycles. The fraction of sp³-hybridized carbons (Fsp3) is 0.429. The van der Waals surface area contributed by atoms with Crippen molar-refractivity contribution < 1.29 is 23.0 Å². The molecule has 8 nitrogen and oxygen atoms in total. The van der Waals surface area contributed by atoms with Gasteiger partial charge in [0, 0.05) is 37.3 Å². The number of carbonyl (C=O) groups is 1. The molecule has 2 aromatic carbocycles. The standard InChI is InChI=1S/C28H33F2N5O3/c1-17-16-31-10-11-34(17)27(36)12-18-4-6-19(7-5-18)22-15-26-32-21(14-23(28(29)30)35(26)33-22)20-8-9-24(37-2)25(13-20)38-3/h4-9,13,15,17,21,23,28,31-32H,10-12,14,16H2,1-3H3. The van der Waals surface area contributed by atoms with Crippen LogP contribution in [0, 0.1) is 0 Å². The van der Waals surface area contributed by atoms with E-state index in [4.69, 9.17) is 9.47 Å². The Morgan fingerprint density at radius 3 is 2.55 bits per heavy atom. The number of hydrogen-bond acceptors (Lipinski definition) is 6. The molecule has 3 aromatic rings. The average molecular weight is 526 g/mol. The molecule has 0 saturated carbocycles. The van der Waals surface area contributed by atoms with Crippen LogP contribution in [0.4, 0.5) is 14.6 Å². The van der Waals surface area contributed by atoms with Gasteiger partial charge in [-0.05, 0) is 36.6 Å². The summed E-state index contributed by atoms with van der Waals surface area (Å²) in [5, 5.41) is 11.2. The molecular weight excluding hydrogens is 492 g/mol. The molecule has 2 aliphatic rings. The molecule has 38 heavy (non-hydrogen) atoms. The largest absolute Gasteiger partial charge is 0.493 e. The summed E-state index contributed by atoms with van der Waals surface area (Å²) in [6.45, 7) is 4.36. The van der Waals surface area contributed by atoms with E-state index in [1.165, 1.54) is 4.68 Å². The van der Waals surface area contributed by atoms with E-state index in [1.54, 1.807) is 26.4 Å². The predicted octanol–water partition coefficient (Wildman–Crippen LogP) is 4.29. The minimum absolute atomic E-state index is 0.106. The second-order valence-corrected chi connectivity index (χ2v) is 9.82. The third-order valence-corrected chi connectivity index (χ3v) is 7.38. The van der Waals surface area contributed by atoms with Gasteiger partial charge in [0.25, 0.3) is 6.43 Å². The number of nitrogens with one attached hydrogen (secondary N) is 2. The van der Waals surface area contributed by atoms with Crippen LogP contribution in [0.3, 0.4) is 0 Å². The summed E-state index contributed by atoms with van der Waals surface area (Å²) >= 11 is 0. The first-order valence-electron chi connectivity index (χ1n) is 12.8. The second kappa shape index (κ2) is 11.0. The topological polar surface area (TPSA) is 80.7 Å². The SMILES string of the molecule is COc1ccc(C2CC(C(F)F)n3nc(-c4ccc(CC(=O)N5CCNCC5C)cc4)cc3N2)cc1OC. The normalized spacial score (nSPS) is 21.1. The Hall–Kier alpha value is -3.66.